The Labute approximate surface area is 123 Å². The molecule has 0 amide bonds. The summed E-state index contributed by atoms with van der Waals surface area (Å²) in [6.45, 7) is 4.35. The first kappa shape index (κ1) is 14.5. The van der Waals surface area contributed by atoms with Crippen molar-refractivity contribution < 1.29 is 0 Å². The van der Waals surface area contributed by atoms with Crippen molar-refractivity contribution in [2.75, 3.05) is 26.2 Å². The van der Waals surface area contributed by atoms with Crippen LogP contribution in [0, 0.1) is 0 Å². The highest BCUT2D eigenvalue weighted by Crippen LogP contribution is 2.18. The van der Waals surface area contributed by atoms with E-state index in [1.807, 2.05) is 0 Å². The molecule has 4 heteroatoms. The summed E-state index contributed by atoms with van der Waals surface area (Å²) < 4.78 is 0. The van der Waals surface area contributed by atoms with E-state index in [1.165, 1.54) is 25.7 Å². The number of fused-ring (bicyclic) bond motifs is 2. The van der Waals surface area contributed by atoms with Gasteiger partial charge in [0.05, 0.1) is 0 Å². The molecule has 4 unspecified atom stereocenters. The summed E-state index contributed by atoms with van der Waals surface area (Å²) in [6, 6.07) is 2.55. The van der Waals surface area contributed by atoms with Gasteiger partial charge in [-0.1, -0.05) is 25.0 Å². The van der Waals surface area contributed by atoms with Gasteiger partial charge in [0.2, 0.25) is 0 Å². The third-order valence-electron chi connectivity index (χ3n) is 5.07. The lowest BCUT2D eigenvalue weighted by atomic mass is 9.90. The van der Waals surface area contributed by atoms with Gasteiger partial charge in [-0.25, -0.2) is 0 Å². The van der Waals surface area contributed by atoms with E-state index in [9.17, 15) is 0 Å². The predicted molar refractivity (Wildman–Crippen MR) is 84.0 cm³/mol. The summed E-state index contributed by atoms with van der Waals surface area (Å²) in [4.78, 5) is 0. The summed E-state index contributed by atoms with van der Waals surface area (Å²) in [5.41, 5.74) is 0. The maximum atomic E-state index is 3.77. The summed E-state index contributed by atoms with van der Waals surface area (Å²) in [7, 11) is 0. The van der Waals surface area contributed by atoms with Gasteiger partial charge in [-0.05, 0) is 25.7 Å². The molecule has 0 spiro atoms. The van der Waals surface area contributed by atoms with Gasteiger partial charge in [-0.2, -0.15) is 0 Å². The fourth-order valence-electron chi connectivity index (χ4n) is 3.92. The molecule has 0 aromatic rings. The van der Waals surface area contributed by atoms with Crippen LogP contribution in [0.15, 0.2) is 12.2 Å². The molecule has 1 heterocycles. The lowest BCUT2D eigenvalue weighted by Gasteiger charge is -2.36. The maximum Gasteiger partial charge on any atom is 0.0259 e. The van der Waals surface area contributed by atoms with Gasteiger partial charge in [0.1, 0.15) is 0 Å². The molecule has 114 valence electrons. The molecule has 4 atom stereocenters. The van der Waals surface area contributed by atoms with Crippen molar-refractivity contribution in [2.45, 2.75) is 62.7 Å². The largest absolute Gasteiger partial charge is 0.311 e. The minimum Gasteiger partial charge on any atom is -0.311 e. The highest BCUT2D eigenvalue weighted by Gasteiger charge is 2.26. The van der Waals surface area contributed by atoms with Crippen LogP contribution in [0.4, 0.5) is 0 Å². The fraction of sp³-hybridized carbons (Fsp3) is 0.875. The summed E-state index contributed by atoms with van der Waals surface area (Å²) in [5, 5.41) is 15.0. The second-order valence-corrected chi connectivity index (χ2v) is 6.47. The van der Waals surface area contributed by atoms with Crippen molar-refractivity contribution in [1.82, 2.24) is 21.3 Å². The first-order valence-corrected chi connectivity index (χ1v) is 8.52. The van der Waals surface area contributed by atoms with Gasteiger partial charge >= 0.3 is 0 Å². The van der Waals surface area contributed by atoms with E-state index in [2.05, 4.69) is 33.4 Å². The van der Waals surface area contributed by atoms with Gasteiger partial charge in [0.25, 0.3) is 0 Å². The smallest absolute Gasteiger partial charge is 0.0259 e. The minimum absolute atomic E-state index is 0.600. The van der Waals surface area contributed by atoms with E-state index in [-0.39, 0.29) is 0 Å². The molecule has 0 aromatic heterocycles. The van der Waals surface area contributed by atoms with E-state index in [1.54, 1.807) is 0 Å². The van der Waals surface area contributed by atoms with Crippen LogP contribution in [0.3, 0.4) is 0 Å². The number of hydrogen-bond acceptors (Lipinski definition) is 4. The molecule has 1 saturated carbocycles. The predicted octanol–water partition coefficient (Wildman–Crippen LogP) is 0.757. The monoisotopic (exact) mass is 278 g/mol. The quantitative estimate of drug-likeness (QED) is 0.494. The molecule has 2 aliphatic carbocycles. The summed E-state index contributed by atoms with van der Waals surface area (Å²) in [5.74, 6) is 0. The third kappa shape index (κ3) is 3.82. The van der Waals surface area contributed by atoms with Crippen LogP contribution < -0.4 is 21.3 Å². The molecule has 1 saturated heterocycles. The molecule has 0 aromatic carbocycles. The molecule has 20 heavy (non-hydrogen) atoms. The molecule has 1 aliphatic heterocycles. The second kappa shape index (κ2) is 7.55. The Kier molecular flexibility index (Phi) is 5.48. The molecular weight excluding hydrogens is 248 g/mol. The summed E-state index contributed by atoms with van der Waals surface area (Å²) >= 11 is 0. The van der Waals surface area contributed by atoms with Crippen LogP contribution in [0.2, 0.25) is 0 Å². The van der Waals surface area contributed by atoms with Gasteiger partial charge in [-0.15, -0.1) is 0 Å². The van der Waals surface area contributed by atoms with E-state index < -0.39 is 0 Å². The zero-order valence-corrected chi connectivity index (χ0v) is 12.5. The second-order valence-electron chi connectivity index (χ2n) is 6.47. The van der Waals surface area contributed by atoms with E-state index in [4.69, 9.17) is 0 Å². The highest BCUT2D eigenvalue weighted by molar-refractivity contribution is 5.01. The molecule has 0 bridgehead atoms. The lowest BCUT2D eigenvalue weighted by Crippen LogP contribution is -2.56. The molecular formula is C16H30N4. The molecule has 3 aliphatic rings. The summed E-state index contributed by atoms with van der Waals surface area (Å²) in [6.07, 6.45) is 12.4. The zero-order valence-electron chi connectivity index (χ0n) is 12.5. The average Bonchev–Trinajstić information content (AvgIpc) is 2.49. The van der Waals surface area contributed by atoms with E-state index in [0.29, 0.717) is 24.2 Å². The number of rotatable bonds is 0. The Morgan fingerprint density at radius 1 is 0.550 bits per heavy atom. The van der Waals surface area contributed by atoms with Gasteiger partial charge in [0, 0.05) is 50.3 Å². The molecule has 4 N–H and O–H groups in total. The van der Waals surface area contributed by atoms with Crippen molar-refractivity contribution in [3.63, 3.8) is 0 Å². The van der Waals surface area contributed by atoms with Crippen LogP contribution >= 0.6 is 0 Å². The van der Waals surface area contributed by atoms with Crippen molar-refractivity contribution >= 4 is 0 Å². The van der Waals surface area contributed by atoms with Gasteiger partial charge in [0.15, 0.2) is 0 Å². The van der Waals surface area contributed by atoms with Crippen molar-refractivity contribution in [1.29, 1.82) is 0 Å². The van der Waals surface area contributed by atoms with Crippen LogP contribution in [-0.2, 0) is 0 Å². The Morgan fingerprint density at radius 2 is 0.950 bits per heavy atom. The first-order chi connectivity index (χ1) is 9.93. The molecule has 3 rings (SSSR count). The zero-order chi connectivity index (χ0) is 13.6. The minimum atomic E-state index is 0.600. The Balaban J connectivity index is 1.56. The Bertz CT molecular complexity index is 288. The van der Waals surface area contributed by atoms with Crippen molar-refractivity contribution in [3.05, 3.63) is 12.2 Å². The number of nitrogens with one attached hydrogen (secondary N) is 4. The lowest BCUT2D eigenvalue weighted by molar-refractivity contribution is 0.269. The Morgan fingerprint density at radius 3 is 1.40 bits per heavy atom. The standard InChI is InChI=1S/C16H30N4/c1-2-6-14-13(5-1)17-9-10-19-15-7-3-4-8-16(15)20-12-11-18-14/h1-2,13-20H,3-12H2. The Hall–Kier alpha value is -0.420. The SMILES string of the molecule is C1=CCC2NCCNC3CCCCC3NCCNC2C1. The molecule has 2 fully saturated rings. The van der Waals surface area contributed by atoms with Crippen LogP contribution in [0.5, 0.6) is 0 Å². The van der Waals surface area contributed by atoms with Crippen LogP contribution in [0.1, 0.15) is 38.5 Å². The third-order valence-corrected chi connectivity index (χ3v) is 5.07. The topological polar surface area (TPSA) is 48.1 Å². The van der Waals surface area contributed by atoms with Gasteiger partial charge < -0.3 is 21.3 Å². The molecule has 0 radical (unpaired) electrons. The fourth-order valence-corrected chi connectivity index (χ4v) is 3.92. The van der Waals surface area contributed by atoms with Crippen LogP contribution in [0.25, 0.3) is 0 Å². The first-order valence-electron chi connectivity index (χ1n) is 8.52. The van der Waals surface area contributed by atoms with Crippen molar-refractivity contribution in [2.24, 2.45) is 0 Å². The normalized spacial score (nSPS) is 40.0. The molecule has 4 nitrogen and oxygen atoms in total. The van der Waals surface area contributed by atoms with Crippen LogP contribution in [-0.4, -0.2) is 50.3 Å². The average molecular weight is 278 g/mol. The maximum absolute atomic E-state index is 3.77. The van der Waals surface area contributed by atoms with Gasteiger partial charge in [-0.3, -0.25) is 0 Å². The van der Waals surface area contributed by atoms with Crippen molar-refractivity contribution in [3.8, 4) is 0 Å². The highest BCUT2D eigenvalue weighted by atomic mass is 15.1. The van der Waals surface area contributed by atoms with E-state index in [0.717, 1.165) is 39.0 Å². The number of hydrogen-bond donors (Lipinski definition) is 4. The van der Waals surface area contributed by atoms with E-state index >= 15 is 0 Å².